The van der Waals surface area contributed by atoms with Gasteiger partial charge < -0.3 is 4.90 Å². The predicted octanol–water partition coefficient (Wildman–Crippen LogP) is 5.50. The van der Waals surface area contributed by atoms with E-state index in [9.17, 15) is 4.39 Å². The van der Waals surface area contributed by atoms with Crippen molar-refractivity contribution in [3.05, 3.63) is 95.3 Å². The first kappa shape index (κ1) is 17.0. The van der Waals surface area contributed by atoms with Gasteiger partial charge in [0.2, 0.25) is 0 Å². The van der Waals surface area contributed by atoms with Crippen molar-refractivity contribution in [3.63, 3.8) is 0 Å². The Hall–Kier alpha value is -2.45. The monoisotopic (exact) mass is 345 g/mol. The molecule has 0 N–H and O–H groups in total. The Kier molecular flexibility index (Phi) is 4.60. The fourth-order valence-electron chi connectivity index (χ4n) is 4.11. The first-order valence-electron chi connectivity index (χ1n) is 9.22. The summed E-state index contributed by atoms with van der Waals surface area (Å²) in [4.78, 5) is 2.33. The van der Waals surface area contributed by atoms with Crippen molar-refractivity contribution in [1.82, 2.24) is 4.90 Å². The van der Waals surface area contributed by atoms with Crippen LogP contribution in [-0.2, 0) is 6.42 Å². The molecule has 0 saturated heterocycles. The molecule has 132 valence electrons. The molecular weight excluding hydrogens is 321 g/mol. The minimum absolute atomic E-state index is 0.191. The van der Waals surface area contributed by atoms with Gasteiger partial charge >= 0.3 is 0 Å². The van der Waals surface area contributed by atoms with Gasteiger partial charge in [-0.05, 0) is 66.9 Å². The molecule has 0 amide bonds. The highest BCUT2D eigenvalue weighted by Gasteiger charge is 2.29. The zero-order chi connectivity index (χ0) is 18.1. The lowest BCUT2D eigenvalue weighted by molar-refractivity contribution is 0.258. The predicted molar refractivity (Wildman–Crippen MR) is 106 cm³/mol. The molecule has 3 aromatic rings. The van der Waals surface area contributed by atoms with Crippen molar-refractivity contribution in [2.45, 2.75) is 24.8 Å². The minimum atomic E-state index is -0.191. The van der Waals surface area contributed by atoms with Gasteiger partial charge in [0.05, 0.1) is 0 Å². The van der Waals surface area contributed by atoms with Crippen LogP contribution < -0.4 is 0 Å². The van der Waals surface area contributed by atoms with Crippen LogP contribution in [0.25, 0.3) is 11.1 Å². The molecule has 0 spiro atoms. The molecule has 0 heterocycles. The van der Waals surface area contributed by atoms with E-state index in [4.69, 9.17) is 0 Å². The van der Waals surface area contributed by atoms with Crippen molar-refractivity contribution in [2.24, 2.45) is 0 Å². The Morgan fingerprint density at radius 2 is 1.58 bits per heavy atom. The highest BCUT2D eigenvalue weighted by molar-refractivity contribution is 5.64. The maximum Gasteiger partial charge on any atom is 0.123 e. The van der Waals surface area contributed by atoms with Gasteiger partial charge in [-0.1, -0.05) is 60.7 Å². The lowest BCUT2D eigenvalue weighted by Crippen LogP contribution is -2.35. The van der Waals surface area contributed by atoms with Crippen molar-refractivity contribution in [1.29, 1.82) is 0 Å². The number of hydrogen-bond acceptors (Lipinski definition) is 1. The average molecular weight is 345 g/mol. The van der Waals surface area contributed by atoms with Crippen LogP contribution in [0, 0.1) is 5.82 Å². The van der Waals surface area contributed by atoms with Gasteiger partial charge in [-0.3, -0.25) is 0 Å². The first-order chi connectivity index (χ1) is 12.6. The molecule has 2 atom stereocenters. The van der Waals surface area contributed by atoms with E-state index in [0.717, 1.165) is 24.0 Å². The number of rotatable bonds is 3. The Bertz CT molecular complexity index is 915. The van der Waals surface area contributed by atoms with Crippen LogP contribution in [0.5, 0.6) is 0 Å². The minimum Gasteiger partial charge on any atom is -0.306 e. The summed E-state index contributed by atoms with van der Waals surface area (Å²) >= 11 is 0. The van der Waals surface area contributed by atoms with Crippen LogP contribution >= 0.6 is 0 Å². The first-order valence-corrected chi connectivity index (χ1v) is 9.22. The molecule has 1 nitrogen and oxygen atoms in total. The molecule has 4 rings (SSSR count). The maximum atomic E-state index is 13.6. The SMILES string of the molecule is CN(C)[C@@H]1Cc2ccccc2[C@@H](c2cccc(-c3cccc(F)c3)c2)C1. The normalized spacial score (nSPS) is 19.4. The molecule has 26 heavy (non-hydrogen) atoms. The highest BCUT2D eigenvalue weighted by Crippen LogP contribution is 2.39. The van der Waals surface area contributed by atoms with E-state index >= 15 is 0 Å². The third-order valence-electron chi connectivity index (χ3n) is 5.57. The quantitative estimate of drug-likeness (QED) is 0.606. The summed E-state index contributed by atoms with van der Waals surface area (Å²) < 4.78 is 13.6. The fraction of sp³-hybridized carbons (Fsp3) is 0.250. The van der Waals surface area contributed by atoms with E-state index in [1.165, 1.54) is 22.8 Å². The van der Waals surface area contributed by atoms with E-state index in [1.807, 2.05) is 6.07 Å². The van der Waals surface area contributed by atoms with Crippen molar-refractivity contribution in [3.8, 4) is 11.1 Å². The Labute approximate surface area is 155 Å². The van der Waals surface area contributed by atoms with E-state index in [1.54, 1.807) is 12.1 Å². The third kappa shape index (κ3) is 3.30. The van der Waals surface area contributed by atoms with Crippen LogP contribution in [0.3, 0.4) is 0 Å². The van der Waals surface area contributed by atoms with Gasteiger partial charge in [0.1, 0.15) is 5.82 Å². The third-order valence-corrected chi connectivity index (χ3v) is 5.57. The second-order valence-corrected chi connectivity index (χ2v) is 7.44. The summed E-state index contributed by atoms with van der Waals surface area (Å²) in [7, 11) is 4.33. The molecule has 1 aliphatic carbocycles. The molecule has 0 unspecified atom stereocenters. The molecule has 0 bridgehead atoms. The number of likely N-dealkylation sites (N-methyl/N-ethyl adjacent to an activating group) is 1. The molecule has 0 fully saturated rings. The van der Waals surface area contributed by atoms with Gasteiger partial charge in [0, 0.05) is 12.0 Å². The molecule has 2 heteroatoms. The van der Waals surface area contributed by atoms with Crippen LogP contribution in [0.15, 0.2) is 72.8 Å². The van der Waals surface area contributed by atoms with Crippen molar-refractivity contribution < 1.29 is 4.39 Å². The van der Waals surface area contributed by atoms with Crippen molar-refractivity contribution in [2.75, 3.05) is 14.1 Å². The van der Waals surface area contributed by atoms with Crippen molar-refractivity contribution >= 4 is 0 Å². The van der Waals surface area contributed by atoms with Gasteiger partial charge in [0.15, 0.2) is 0 Å². The highest BCUT2D eigenvalue weighted by atomic mass is 19.1. The van der Waals surface area contributed by atoms with E-state index < -0.39 is 0 Å². The fourth-order valence-corrected chi connectivity index (χ4v) is 4.11. The summed E-state index contributed by atoms with van der Waals surface area (Å²) in [6, 6.07) is 24.8. The molecule has 0 aliphatic heterocycles. The van der Waals surface area contributed by atoms with Gasteiger partial charge in [-0.15, -0.1) is 0 Å². The Morgan fingerprint density at radius 3 is 2.35 bits per heavy atom. The number of fused-ring (bicyclic) bond motifs is 1. The lowest BCUT2D eigenvalue weighted by atomic mass is 9.76. The molecule has 1 aliphatic rings. The summed E-state index contributed by atoms with van der Waals surface area (Å²) in [5, 5.41) is 0. The Balaban J connectivity index is 1.76. The van der Waals surface area contributed by atoms with E-state index in [0.29, 0.717) is 12.0 Å². The Morgan fingerprint density at radius 1 is 0.846 bits per heavy atom. The lowest BCUT2D eigenvalue weighted by Gasteiger charge is -2.35. The van der Waals surface area contributed by atoms with E-state index in [2.05, 4.69) is 67.5 Å². The molecule has 0 saturated carbocycles. The zero-order valence-electron chi connectivity index (χ0n) is 15.3. The summed E-state index contributed by atoms with van der Waals surface area (Å²) in [6.45, 7) is 0. The smallest absolute Gasteiger partial charge is 0.123 e. The molecular formula is C24H24FN. The number of halogens is 1. The number of benzene rings is 3. The zero-order valence-corrected chi connectivity index (χ0v) is 15.3. The van der Waals surface area contributed by atoms with Crippen LogP contribution in [0.1, 0.15) is 29.0 Å². The van der Waals surface area contributed by atoms with Gasteiger partial charge in [-0.2, -0.15) is 0 Å². The number of nitrogens with zero attached hydrogens (tertiary/aromatic N) is 1. The van der Waals surface area contributed by atoms with Crippen LogP contribution in [0.2, 0.25) is 0 Å². The largest absolute Gasteiger partial charge is 0.306 e. The molecule has 3 aromatic carbocycles. The second-order valence-electron chi connectivity index (χ2n) is 7.44. The van der Waals surface area contributed by atoms with Gasteiger partial charge in [0.25, 0.3) is 0 Å². The molecule has 0 aromatic heterocycles. The topological polar surface area (TPSA) is 3.24 Å². The number of hydrogen-bond donors (Lipinski definition) is 0. The molecule has 0 radical (unpaired) electrons. The summed E-state index contributed by atoms with van der Waals surface area (Å²) in [6.07, 6.45) is 2.21. The van der Waals surface area contributed by atoms with Crippen LogP contribution in [0.4, 0.5) is 4.39 Å². The van der Waals surface area contributed by atoms with Gasteiger partial charge in [-0.25, -0.2) is 4.39 Å². The average Bonchev–Trinajstić information content (AvgIpc) is 2.67. The van der Waals surface area contributed by atoms with E-state index in [-0.39, 0.29) is 5.82 Å². The maximum absolute atomic E-state index is 13.6. The standard InChI is InChI=1S/C24H24FN/c1-26(2)22-15-20-7-3-4-12-23(20)24(16-22)19-10-5-8-17(13-19)18-9-6-11-21(25)14-18/h3-14,22,24H,15-16H2,1-2H3/t22-,24-/m1/s1. The van der Waals surface area contributed by atoms with Crippen LogP contribution in [-0.4, -0.2) is 25.0 Å². The summed E-state index contributed by atoms with van der Waals surface area (Å²) in [5.74, 6) is 0.185. The second kappa shape index (κ2) is 7.05. The summed E-state index contributed by atoms with van der Waals surface area (Å²) in [5.41, 5.74) is 6.19.